The summed E-state index contributed by atoms with van der Waals surface area (Å²) in [6.45, 7) is 12.4. The molecule has 0 bridgehead atoms. The highest BCUT2D eigenvalue weighted by Gasteiger charge is 2.20. The molecule has 1 aromatic rings. The Balaban J connectivity index is 2.38. The molecule has 108 valence electrons. The number of amides is 1. The van der Waals surface area contributed by atoms with Crippen molar-refractivity contribution in [3.8, 4) is 0 Å². The molecule has 1 aromatic heterocycles. The predicted molar refractivity (Wildman–Crippen MR) is 70.8 cm³/mol. The predicted octanol–water partition coefficient (Wildman–Crippen LogP) is 1.50. The fraction of sp³-hybridized carbons (Fsp3) is 0.833. The maximum absolute atomic E-state index is 11.4. The number of carbonyl (C=O) groups excluding carboxylic acids is 1. The lowest BCUT2D eigenvalue weighted by Gasteiger charge is -2.19. The van der Waals surface area contributed by atoms with Crippen LogP contribution in [0.1, 0.15) is 47.4 Å². The maximum atomic E-state index is 11.4. The normalized spacial score (nSPS) is 12.3. The second-order valence-electron chi connectivity index (χ2n) is 6.39. The van der Waals surface area contributed by atoms with Gasteiger partial charge in [-0.25, -0.2) is 4.79 Å². The Labute approximate surface area is 113 Å². The zero-order valence-corrected chi connectivity index (χ0v) is 12.5. The number of tetrazole rings is 1. The number of hydrogen-bond acceptors (Lipinski definition) is 5. The van der Waals surface area contributed by atoms with Gasteiger partial charge in [0.1, 0.15) is 5.60 Å². The van der Waals surface area contributed by atoms with Gasteiger partial charge in [-0.15, -0.1) is 10.2 Å². The van der Waals surface area contributed by atoms with E-state index in [0.29, 0.717) is 18.9 Å². The van der Waals surface area contributed by atoms with Crippen molar-refractivity contribution < 1.29 is 9.53 Å². The van der Waals surface area contributed by atoms with Crippen LogP contribution >= 0.6 is 0 Å². The van der Waals surface area contributed by atoms with Crippen molar-refractivity contribution in [2.24, 2.45) is 0 Å². The van der Waals surface area contributed by atoms with Crippen molar-refractivity contribution in [3.05, 3.63) is 5.82 Å². The summed E-state index contributed by atoms with van der Waals surface area (Å²) < 4.78 is 5.12. The van der Waals surface area contributed by atoms with Crippen molar-refractivity contribution in [2.75, 3.05) is 6.54 Å². The number of nitrogens with zero attached hydrogens (tertiary/aromatic N) is 4. The second-order valence-corrected chi connectivity index (χ2v) is 6.39. The summed E-state index contributed by atoms with van der Waals surface area (Å²) in [6, 6.07) is 0. The monoisotopic (exact) mass is 269 g/mol. The molecule has 1 rings (SSSR count). The smallest absolute Gasteiger partial charge is 0.407 e. The standard InChI is InChI=1S/C12H23N5O2/c1-11(2,3)9-14-16-17(15-9)8-7-13-10(18)19-12(4,5)6/h7-8H2,1-6H3,(H,13,18). The van der Waals surface area contributed by atoms with E-state index < -0.39 is 11.7 Å². The van der Waals surface area contributed by atoms with Crippen LogP contribution in [0.15, 0.2) is 0 Å². The molecule has 0 saturated carbocycles. The van der Waals surface area contributed by atoms with Gasteiger partial charge >= 0.3 is 6.09 Å². The molecule has 0 radical (unpaired) electrons. The Morgan fingerprint density at radius 3 is 2.37 bits per heavy atom. The fourth-order valence-corrected chi connectivity index (χ4v) is 1.21. The van der Waals surface area contributed by atoms with E-state index >= 15 is 0 Å². The quantitative estimate of drug-likeness (QED) is 0.899. The van der Waals surface area contributed by atoms with Gasteiger partial charge in [-0.1, -0.05) is 20.8 Å². The molecule has 7 nitrogen and oxygen atoms in total. The molecule has 1 amide bonds. The Morgan fingerprint density at radius 2 is 1.89 bits per heavy atom. The van der Waals surface area contributed by atoms with Gasteiger partial charge in [-0.2, -0.15) is 4.80 Å². The van der Waals surface area contributed by atoms with Gasteiger partial charge in [0.25, 0.3) is 0 Å². The molecule has 7 heteroatoms. The lowest BCUT2D eigenvalue weighted by molar-refractivity contribution is 0.0525. The first-order valence-corrected chi connectivity index (χ1v) is 6.33. The van der Waals surface area contributed by atoms with Crippen LogP contribution in [-0.4, -0.2) is 38.4 Å². The van der Waals surface area contributed by atoms with Crippen LogP contribution in [0, 0.1) is 0 Å². The molecular weight excluding hydrogens is 246 g/mol. The molecule has 0 atom stereocenters. The Morgan fingerprint density at radius 1 is 1.26 bits per heavy atom. The number of aromatic nitrogens is 4. The number of rotatable bonds is 3. The minimum atomic E-state index is -0.491. The van der Waals surface area contributed by atoms with Crippen molar-refractivity contribution in [2.45, 2.75) is 59.1 Å². The van der Waals surface area contributed by atoms with Gasteiger partial charge in [0.05, 0.1) is 6.54 Å². The average molecular weight is 269 g/mol. The first-order valence-electron chi connectivity index (χ1n) is 6.33. The van der Waals surface area contributed by atoms with Crippen LogP contribution in [0.25, 0.3) is 0 Å². The minimum Gasteiger partial charge on any atom is -0.444 e. The first-order chi connectivity index (χ1) is 8.58. The van der Waals surface area contributed by atoms with Gasteiger partial charge in [0.2, 0.25) is 0 Å². The fourth-order valence-electron chi connectivity index (χ4n) is 1.21. The van der Waals surface area contributed by atoms with Crippen LogP contribution in [0.2, 0.25) is 0 Å². The summed E-state index contributed by atoms with van der Waals surface area (Å²) in [5.74, 6) is 0.685. The third-order valence-electron chi connectivity index (χ3n) is 2.10. The van der Waals surface area contributed by atoms with E-state index in [1.165, 1.54) is 4.80 Å². The molecule has 0 unspecified atom stereocenters. The highest BCUT2D eigenvalue weighted by atomic mass is 16.6. The van der Waals surface area contributed by atoms with Gasteiger partial charge in [-0.05, 0) is 26.0 Å². The summed E-state index contributed by atoms with van der Waals surface area (Å²) in [5.41, 5.74) is -0.619. The largest absolute Gasteiger partial charge is 0.444 e. The van der Waals surface area contributed by atoms with Gasteiger partial charge in [-0.3, -0.25) is 0 Å². The highest BCUT2D eigenvalue weighted by molar-refractivity contribution is 5.67. The van der Waals surface area contributed by atoms with Crippen LogP contribution in [0.5, 0.6) is 0 Å². The summed E-state index contributed by atoms with van der Waals surface area (Å²) in [4.78, 5) is 12.9. The van der Waals surface area contributed by atoms with Crippen LogP contribution < -0.4 is 5.32 Å². The Hall–Kier alpha value is -1.66. The number of alkyl carbamates (subject to hydrolysis) is 1. The molecule has 0 aliphatic heterocycles. The Bertz CT molecular complexity index is 428. The number of carbonyl (C=O) groups is 1. The summed E-state index contributed by atoms with van der Waals surface area (Å²) in [5, 5.41) is 14.8. The SMILES string of the molecule is CC(C)(C)OC(=O)NCCn1nnc(C(C)(C)C)n1. The van der Waals surface area contributed by atoms with Crippen molar-refractivity contribution in [3.63, 3.8) is 0 Å². The number of ether oxygens (including phenoxy) is 1. The molecule has 0 aromatic carbocycles. The molecule has 1 N–H and O–H groups in total. The van der Waals surface area contributed by atoms with E-state index in [-0.39, 0.29) is 5.41 Å². The van der Waals surface area contributed by atoms with Gasteiger partial charge < -0.3 is 10.1 Å². The summed E-state index contributed by atoms with van der Waals surface area (Å²) >= 11 is 0. The molecule has 0 aliphatic rings. The highest BCUT2D eigenvalue weighted by Crippen LogP contribution is 2.15. The number of hydrogen-bond donors (Lipinski definition) is 1. The Kier molecular flexibility index (Phi) is 4.49. The third-order valence-corrected chi connectivity index (χ3v) is 2.10. The molecular formula is C12H23N5O2. The molecule has 0 spiro atoms. The molecule has 0 fully saturated rings. The van der Waals surface area contributed by atoms with E-state index in [1.807, 2.05) is 41.5 Å². The molecule has 1 heterocycles. The second kappa shape index (κ2) is 5.54. The van der Waals surface area contributed by atoms with Gasteiger partial charge in [0.15, 0.2) is 5.82 Å². The lowest BCUT2D eigenvalue weighted by atomic mass is 9.96. The number of nitrogens with one attached hydrogen (secondary N) is 1. The first kappa shape index (κ1) is 15.4. The van der Waals surface area contributed by atoms with Crippen LogP contribution in [0.3, 0.4) is 0 Å². The molecule has 19 heavy (non-hydrogen) atoms. The third kappa shape index (κ3) is 5.67. The summed E-state index contributed by atoms with van der Waals surface area (Å²) in [6.07, 6.45) is -0.441. The van der Waals surface area contributed by atoms with E-state index in [2.05, 4.69) is 20.7 Å². The minimum absolute atomic E-state index is 0.128. The van der Waals surface area contributed by atoms with Crippen LogP contribution in [0.4, 0.5) is 4.79 Å². The zero-order chi connectivity index (χ0) is 14.7. The van der Waals surface area contributed by atoms with E-state index in [1.54, 1.807) is 0 Å². The summed E-state index contributed by atoms with van der Waals surface area (Å²) in [7, 11) is 0. The van der Waals surface area contributed by atoms with Crippen molar-refractivity contribution >= 4 is 6.09 Å². The average Bonchev–Trinajstić information content (AvgIpc) is 2.62. The van der Waals surface area contributed by atoms with Crippen molar-refractivity contribution in [1.82, 2.24) is 25.5 Å². The maximum Gasteiger partial charge on any atom is 0.407 e. The van der Waals surface area contributed by atoms with E-state index in [9.17, 15) is 4.79 Å². The molecule has 0 saturated heterocycles. The van der Waals surface area contributed by atoms with E-state index in [0.717, 1.165) is 0 Å². The van der Waals surface area contributed by atoms with Gasteiger partial charge in [0, 0.05) is 12.0 Å². The molecule has 0 aliphatic carbocycles. The van der Waals surface area contributed by atoms with Crippen LogP contribution in [-0.2, 0) is 16.7 Å². The van der Waals surface area contributed by atoms with Crippen molar-refractivity contribution in [1.29, 1.82) is 0 Å². The lowest BCUT2D eigenvalue weighted by Crippen LogP contribution is -2.34. The van der Waals surface area contributed by atoms with E-state index in [4.69, 9.17) is 4.74 Å². The zero-order valence-electron chi connectivity index (χ0n) is 12.5. The topological polar surface area (TPSA) is 81.9 Å².